The molecule has 1 aromatic heterocycles. The highest BCUT2D eigenvalue weighted by atomic mass is 32.2. The molecule has 0 fully saturated rings. The lowest BCUT2D eigenvalue weighted by molar-refractivity contribution is -0.143. The minimum absolute atomic E-state index is 0.0131. The van der Waals surface area contributed by atoms with Crippen molar-refractivity contribution in [3.05, 3.63) is 143 Å². The Morgan fingerprint density at radius 1 is 0.919 bits per heavy atom. The molecule has 0 aliphatic carbocycles. The Hall–Kier alpha value is -5.38. The fourth-order valence-electron chi connectivity index (χ4n) is 8.91. The first-order valence-electron chi connectivity index (χ1n) is 21.1. The zero-order chi connectivity index (χ0) is 44.4. The van der Waals surface area contributed by atoms with Crippen LogP contribution >= 0.6 is 0 Å². The number of phenolic OH excluding ortho intramolecular Hbond substituents is 1. The van der Waals surface area contributed by atoms with Crippen LogP contribution in [-0.4, -0.2) is 71.5 Å². The summed E-state index contributed by atoms with van der Waals surface area (Å²) in [6.07, 6.45) is 0.0443. The maximum atomic E-state index is 13.5. The summed E-state index contributed by atoms with van der Waals surface area (Å²) in [5.74, 6) is -0.622. The molecular formula is C48H56N4O8SSi. The molecule has 1 aliphatic heterocycles. The molecule has 0 saturated heterocycles. The summed E-state index contributed by atoms with van der Waals surface area (Å²) in [5, 5.41) is 32.2. The van der Waals surface area contributed by atoms with Gasteiger partial charge in [-0.05, 0) is 102 Å². The molecule has 6 aromatic rings. The number of benzene rings is 5. The maximum Gasteiger partial charge on any atom is 0.386 e. The lowest BCUT2D eigenvalue weighted by Gasteiger charge is -2.45. The Balaban J connectivity index is 1.19. The highest BCUT2D eigenvalue weighted by Gasteiger charge is 2.51. The number of phenols is 1. The Bertz CT molecular complexity index is 2610. The van der Waals surface area contributed by atoms with E-state index in [2.05, 4.69) is 55.3 Å². The average molecular weight is 877 g/mol. The van der Waals surface area contributed by atoms with Gasteiger partial charge in [-0.3, -0.25) is 4.79 Å². The van der Waals surface area contributed by atoms with Gasteiger partial charge in [0, 0.05) is 24.6 Å². The summed E-state index contributed by atoms with van der Waals surface area (Å²) in [7, 11) is -7.10. The van der Waals surface area contributed by atoms with Gasteiger partial charge in [0.15, 0.2) is 0 Å². The summed E-state index contributed by atoms with van der Waals surface area (Å²) >= 11 is 0. The number of carbonyl (C=O) groups excluding carboxylic acids is 1. The summed E-state index contributed by atoms with van der Waals surface area (Å²) in [6, 6.07) is 34.3. The molecule has 1 unspecified atom stereocenters. The minimum atomic E-state index is -4.17. The summed E-state index contributed by atoms with van der Waals surface area (Å²) in [6.45, 7) is 14.6. The quantitative estimate of drug-likeness (QED) is 0.0791. The number of aromatic nitrogens is 3. The fraction of sp³-hybridized carbons (Fsp3) is 0.354. The predicted octanol–water partition coefficient (Wildman–Crippen LogP) is 7.37. The highest BCUT2D eigenvalue weighted by Crippen LogP contribution is 2.41. The van der Waals surface area contributed by atoms with E-state index in [0.29, 0.717) is 24.0 Å². The molecule has 0 spiro atoms. The highest BCUT2D eigenvalue weighted by molar-refractivity contribution is 7.84. The largest absolute Gasteiger partial charge is 0.508 e. The van der Waals surface area contributed by atoms with Crippen molar-refractivity contribution in [1.82, 2.24) is 19.3 Å². The number of esters is 1. The molecule has 0 bridgehead atoms. The number of hydrogen-bond donors (Lipinski definition) is 2. The molecule has 5 aromatic carbocycles. The van der Waals surface area contributed by atoms with E-state index in [1.165, 1.54) is 22.5 Å². The zero-order valence-corrected chi connectivity index (χ0v) is 38.2. The Labute approximate surface area is 365 Å². The number of fused-ring (bicyclic) bond motifs is 2. The summed E-state index contributed by atoms with van der Waals surface area (Å²) in [4.78, 5) is 13.3. The fourth-order valence-corrected chi connectivity index (χ4v) is 14.9. The van der Waals surface area contributed by atoms with Gasteiger partial charge < -0.3 is 23.6 Å². The molecule has 14 heteroatoms. The number of aliphatic hydroxyl groups excluding tert-OH is 1. The van der Waals surface area contributed by atoms with E-state index in [-0.39, 0.29) is 48.7 Å². The van der Waals surface area contributed by atoms with E-state index in [4.69, 9.17) is 13.3 Å². The number of rotatable bonds is 15. The normalized spacial score (nSPS) is 15.7. The van der Waals surface area contributed by atoms with Crippen molar-refractivity contribution in [2.24, 2.45) is 0 Å². The molecule has 0 saturated carbocycles. The van der Waals surface area contributed by atoms with Gasteiger partial charge in [-0.25, -0.2) is 4.68 Å². The Morgan fingerprint density at radius 2 is 1.60 bits per heavy atom. The number of aliphatic hydroxyl groups is 1. The van der Waals surface area contributed by atoms with Crippen molar-refractivity contribution in [2.75, 3.05) is 13.2 Å². The lowest BCUT2D eigenvalue weighted by Crippen LogP contribution is -2.68. The standard InChI is InChI=1S/C48H56N4O8SSi/c1-8-58-46(55)29-43(35-20-19-32(2)42(28-35)34(4)52-30-36-27-37(54)21-24-45(36)59-61(52,56)57)41-22-23-44-47(33(41)3)49-50-51(44)26-25-38(31-53)60-62(48(5,6)7,39-15-11-9-12-16-39)40-17-13-10-14-18-40/h9-24,27-28,34,38,43,53-54H,8,25-26,29-31H2,1-7H3/t34-,38+,43?/m1/s1. The first-order chi connectivity index (χ1) is 29.6. The van der Waals surface area contributed by atoms with E-state index < -0.39 is 36.7 Å². The van der Waals surface area contributed by atoms with Crippen LogP contribution in [0.15, 0.2) is 109 Å². The zero-order valence-electron chi connectivity index (χ0n) is 36.4. The van der Waals surface area contributed by atoms with E-state index in [9.17, 15) is 23.4 Å². The predicted molar refractivity (Wildman–Crippen MR) is 242 cm³/mol. The minimum Gasteiger partial charge on any atom is -0.508 e. The number of carbonyl (C=O) groups is 1. The van der Waals surface area contributed by atoms with Gasteiger partial charge in [-0.15, -0.1) is 5.10 Å². The lowest BCUT2D eigenvalue weighted by atomic mass is 9.83. The third-order valence-corrected chi connectivity index (χ3v) is 18.6. The first-order valence-corrected chi connectivity index (χ1v) is 24.4. The van der Waals surface area contributed by atoms with Crippen LogP contribution in [0, 0.1) is 13.8 Å². The second-order valence-electron chi connectivity index (χ2n) is 17.1. The molecule has 326 valence electrons. The Morgan fingerprint density at radius 3 is 2.23 bits per heavy atom. The molecule has 7 rings (SSSR count). The smallest absolute Gasteiger partial charge is 0.386 e. The van der Waals surface area contributed by atoms with Crippen molar-refractivity contribution < 1.29 is 36.8 Å². The van der Waals surface area contributed by atoms with Crippen LogP contribution in [-0.2, 0) is 37.4 Å². The van der Waals surface area contributed by atoms with Gasteiger partial charge >= 0.3 is 16.3 Å². The molecule has 0 radical (unpaired) electrons. The molecule has 2 N–H and O–H groups in total. The Kier molecular flexibility index (Phi) is 13.1. The number of aromatic hydroxyl groups is 1. The first kappa shape index (κ1) is 44.7. The second kappa shape index (κ2) is 18.1. The third kappa shape index (κ3) is 8.79. The van der Waals surface area contributed by atoms with Crippen molar-refractivity contribution in [1.29, 1.82) is 0 Å². The summed E-state index contributed by atoms with van der Waals surface area (Å²) in [5.41, 5.74) is 6.17. The van der Waals surface area contributed by atoms with E-state index in [1.54, 1.807) is 13.8 Å². The SMILES string of the molecule is CCOC(=O)CC(c1ccc(C)c([C@@H](C)N2Cc3cc(O)ccc3OS2(=O)=O)c1)c1ccc2c(nnn2CC[C@@H](CO)O[Si](c2ccccc2)(c2ccccc2)C(C)(C)C)c1C. The molecule has 1 aliphatic rings. The number of ether oxygens (including phenoxy) is 1. The third-order valence-electron chi connectivity index (χ3n) is 12.1. The van der Waals surface area contributed by atoms with Gasteiger partial charge in [0.25, 0.3) is 8.32 Å². The van der Waals surface area contributed by atoms with Crippen LogP contribution in [0.2, 0.25) is 5.04 Å². The molecule has 2 heterocycles. The molecule has 3 atom stereocenters. The molecule has 0 amide bonds. The number of hydrogen-bond acceptors (Lipinski definition) is 10. The monoisotopic (exact) mass is 876 g/mol. The van der Waals surface area contributed by atoms with E-state index >= 15 is 0 Å². The van der Waals surface area contributed by atoms with Crippen molar-refractivity contribution in [3.8, 4) is 11.5 Å². The van der Waals surface area contributed by atoms with Crippen LogP contribution in [0.4, 0.5) is 0 Å². The topological polar surface area (TPSA) is 153 Å². The van der Waals surface area contributed by atoms with Gasteiger partial charge in [0.1, 0.15) is 17.0 Å². The summed E-state index contributed by atoms with van der Waals surface area (Å²) < 4.78 is 48.2. The molecular weight excluding hydrogens is 821 g/mol. The number of aryl methyl sites for hydroxylation is 3. The van der Waals surface area contributed by atoms with E-state index in [1.807, 2.05) is 85.3 Å². The van der Waals surface area contributed by atoms with Crippen molar-refractivity contribution in [2.45, 2.75) is 97.5 Å². The van der Waals surface area contributed by atoms with Gasteiger partial charge in [0.05, 0.1) is 37.3 Å². The van der Waals surface area contributed by atoms with Gasteiger partial charge in [-0.2, -0.15) is 12.7 Å². The van der Waals surface area contributed by atoms with Crippen LogP contribution in [0.5, 0.6) is 11.5 Å². The average Bonchev–Trinajstić information content (AvgIpc) is 3.67. The van der Waals surface area contributed by atoms with Crippen LogP contribution in [0.3, 0.4) is 0 Å². The second-order valence-corrected chi connectivity index (χ2v) is 22.8. The number of nitrogens with zero attached hydrogens (tertiary/aromatic N) is 4. The van der Waals surface area contributed by atoms with Crippen LogP contribution in [0.1, 0.15) is 92.8 Å². The van der Waals surface area contributed by atoms with Gasteiger partial charge in [-0.1, -0.05) is 111 Å². The van der Waals surface area contributed by atoms with Crippen LogP contribution < -0.4 is 14.6 Å². The molecule has 12 nitrogen and oxygen atoms in total. The van der Waals surface area contributed by atoms with Gasteiger partial charge in [0.2, 0.25) is 0 Å². The van der Waals surface area contributed by atoms with Crippen LogP contribution in [0.25, 0.3) is 11.0 Å². The van der Waals surface area contributed by atoms with Crippen molar-refractivity contribution in [3.63, 3.8) is 0 Å². The van der Waals surface area contributed by atoms with E-state index in [0.717, 1.165) is 43.7 Å². The maximum absolute atomic E-state index is 13.5. The van der Waals surface area contributed by atoms with Crippen molar-refractivity contribution >= 4 is 46.0 Å². The molecule has 62 heavy (non-hydrogen) atoms.